The van der Waals surface area contributed by atoms with Crippen molar-refractivity contribution in [3.05, 3.63) is 23.4 Å². The molecule has 0 saturated heterocycles. The molecule has 1 aromatic heterocycles. The van der Waals surface area contributed by atoms with Gasteiger partial charge in [0.05, 0.1) is 7.11 Å². The molecule has 0 spiro atoms. The predicted molar refractivity (Wildman–Crippen MR) is 81.1 cm³/mol. The maximum Gasteiger partial charge on any atom is 0.217 e. The van der Waals surface area contributed by atoms with Crippen molar-refractivity contribution in [3.63, 3.8) is 0 Å². The number of hydrogen-bond acceptors (Lipinski definition) is 4. The third kappa shape index (κ3) is 5.29. The van der Waals surface area contributed by atoms with Crippen molar-refractivity contribution in [1.82, 2.24) is 10.3 Å². The number of carbonyl (C=O) groups is 1. The lowest BCUT2D eigenvalue weighted by molar-refractivity contribution is -0.117. The number of ketones is 1. The van der Waals surface area contributed by atoms with E-state index in [0.29, 0.717) is 18.8 Å². The van der Waals surface area contributed by atoms with Gasteiger partial charge in [0.15, 0.2) is 0 Å². The topological polar surface area (TPSA) is 51.2 Å². The second-order valence-corrected chi connectivity index (χ2v) is 6.10. The molecule has 1 heterocycles. The van der Waals surface area contributed by atoms with Crippen LogP contribution in [0.1, 0.15) is 51.8 Å². The van der Waals surface area contributed by atoms with Crippen molar-refractivity contribution in [2.24, 2.45) is 0 Å². The van der Waals surface area contributed by atoms with Crippen LogP contribution in [0.4, 0.5) is 0 Å². The molecule has 0 aliphatic rings. The fourth-order valence-corrected chi connectivity index (χ4v) is 1.88. The normalized spacial score (nSPS) is 11.4. The average molecular weight is 278 g/mol. The molecule has 4 heteroatoms. The number of aromatic nitrogens is 1. The fourth-order valence-electron chi connectivity index (χ4n) is 1.88. The number of hydrogen-bond donors (Lipinski definition) is 1. The van der Waals surface area contributed by atoms with Crippen LogP contribution in [-0.4, -0.2) is 24.4 Å². The van der Waals surface area contributed by atoms with Gasteiger partial charge in [-0.25, -0.2) is 4.98 Å². The Morgan fingerprint density at radius 1 is 1.35 bits per heavy atom. The van der Waals surface area contributed by atoms with Crippen molar-refractivity contribution in [2.75, 3.05) is 13.7 Å². The predicted octanol–water partition coefficient (Wildman–Crippen LogP) is 2.85. The largest absolute Gasteiger partial charge is 0.481 e. The summed E-state index contributed by atoms with van der Waals surface area (Å²) in [5.74, 6) is 0.914. The molecule has 0 aromatic carbocycles. The molecule has 4 nitrogen and oxygen atoms in total. The minimum absolute atomic E-state index is 0.0146. The summed E-state index contributed by atoms with van der Waals surface area (Å²) in [6, 6.07) is 4.11. The molecule has 0 aliphatic carbocycles. The first kappa shape index (κ1) is 16.6. The lowest BCUT2D eigenvalue weighted by Gasteiger charge is -2.19. The van der Waals surface area contributed by atoms with Crippen molar-refractivity contribution in [1.29, 1.82) is 0 Å². The zero-order chi connectivity index (χ0) is 15.2. The summed E-state index contributed by atoms with van der Waals surface area (Å²) in [7, 11) is 1.65. The number of ether oxygens (including phenoxy) is 1. The number of carbonyl (C=O) groups excluding carboxylic acids is 1. The van der Waals surface area contributed by atoms with Crippen LogP contribution in [0.3, 0.4) is 0 Å². The number of rotatable bonds is 7. The molecular formula is C16H26N2O2. The van der Waals surface area contributed by atoms with Gasteiger partial charge >= 0.3 is 0 Å². The second-order valence-electron chi connectivity index (χ2n) is 6.10. The second kappa shape index (κ2) is 7.39. The molecule has 0 amide bonds. The molecule has 0 atom stereocenters. The highest BCUT2D eigenvalue weighted by Crippen LogP contribution is 2.24. The molecular weight excluding hydrogens is 252 g/mol. The van der Waals surface area contributed by atoms with E-state index in [4.69, 9.17) is 4.74 Å². The van der Waals surface area contributed by atoms with Crippen molar-refractivity contribution < 1.29 is 9.53 Å². The monoisotopic (exact) mass is 278 g/mol. The first-order valence-electron chi connectivity index (χ1n) is 7.09. The number of pyridine rings is 1. The van der Waals surface area contributed by atoms with Crippen LogP contribution < -0.4 is 10.1 Å². The third-order valence-electron chi connectivity index (χ3n) is 3.10. The standard InChI is InChI=1S/C16H26N2O2/c1-12(19)7-6-10-17-11-13-8-9-14(16(2,3)4)18-15(13)20-5/h8-9,17H,6-7,10-11H2,1-5H3. The van der Waals surface area contributed by atoms with Crippen molar-refractivity contribution in [3.8, 4) is 5.88 Å². The van der Waals surface area contributed by atoms with Crippen LogP contribution in [0.15, 0.2) is 12.1 Å². The summed E-state index contributed by atoms with van der Waals surface area (Å²) in [6.07, 6.45) is 1.50. The van der Waals surface area contributed by atoms with Gasteiger partial charge in [0, 0.05) is 29.6 Å². The van der Waals surface area contributed by atoms with Crippen LogP contribution >= 0.6 is 0 Å². The Balaban J connectivity index is 2.60. The van der Waals surface area contributed by atoms with Gasteiger partial charge in [-0.1, -0.05) is 26.8 Å². The summed E-state index contributed by atoms with van der Waals surface area (Å²) in [6.45, 7) is 9.55. The maximum absolute atomic E-state index is 10.9. The van der Waals surface area contributed by atoms with Gasteiger partial charge in [-0.05, 0) is 26.0 Å². The number of Topliss-reactive ketones (excluding diaryl/α,β-unsaturated/α-hetero) is 1. The van der Waals surface area contributed by atoms with Gasteiger partial charge in [0.2, 0.25) is 5.88 Å². The Labute approximate surface area is 121 Å². The molecule has 0 radical (unpaired) electrons. The van der Waals surface area contributed by atoms with Crippen LogP contribution in [0.25, 0.3) is 0 Å². The van der Waals surface area contributed by atoms with Crippen LogP contribution in [0, 0.1) is 0 Å². The van der Waals surface area contributed by atoms with E-state index in [1.165, 1.54) is 0 Å². The van der Waals surface area contributed by atoms with E-state index < -0.39 is 0 Å². The van der Waals surface area contributed by atoms with Gasteiger partial charge < -0.3 is 14.8 Å². The summed E-state index contributed by atoms with van der Waals surface area (Å²) >= 11 is 0. The first-order chi connectivity index (χ1) is 9.34. The number of methoxy groups -OCH3 is 1. The van der Waals surface area contributed by atoms with E-state index in [-0.39, 0.29) is 11.2 Å². The fraction of sp³-hybridized carbons (Fsp3) is 0.625. The van der Waals surface area contributed by atoms with Gasteiger partial charge in [0.25, 0.3) is 0 Å². The van der Waals surface area contributed by atoms with Crippen molar-refractivity contribution >= 4 is 5.78 Å². The van der Waals surface area contributed by atoms with Gasteiger partial charge in [0.1, 0.15) is 5.78 Å². The average Bonchev–Trinajstić information content (AvgIpc) is 2.36. The quantitative estimate of drug-likeness (QED) is 0.779. The molecule has 1 aromatic rings. The molecule has 0 aliphatic heterocycles. The molecule has 1 rings (SSSR count). The smallest absolute Gasteiger partial charge is 0.217 e. The van der Waals surface area contributed by atoms with Crippen molar-refractivity contribution in [2.45, 2.75) is 52.5 Å². The zero-order valence-corrected chi connectivity index (χ0v) is 13.2. The highest BCUT2D eigenvalue weighted by atomic mass is 16.5. The van der Waals surface area contributed by atoms with Gasteiger partial charge in [-0.3, -0.25) is 0 Å². The van der Waals surface area contributed by atoms with Crippen LogP contribution in [-0.2, 0) is 16.8 Å². The molecule has 0 bridgehead atoms. The molecule has 0 fully saturated rings. The SMILES string of the molecule is COc1nc(C(C)(C)C)ccc1CNCCCC(C)=O. The number of nitrogens with one attached hydrogen (secondary N) is 1. The molecule has 20 heavy (non-hydrogen) atoms. The van der Waals surface area contributed by atoms with E-state index in [9.17, 15) is 4.79 Å². The van der Waals surface area contributed by atoms with Crippen LogP contribution in [0.5, 0.6) is 5.88 Å². The molecule has 112 valence electrons. The maximum atomic E-state index is 10.9. The summed E-state index contributed by atoms with van der Waals surface area (Å²) < 4.78 is 5.37. The third-order valence-corrected chi connectivity index (χ3v) is 3.10. The Kier molecular flexibility index (Phi) is 6.14. The Morgan fingerprint density at radius 3 is 2.60 bits per heavy atom. The molecule has 0 unspecified atom stereocenters. The van der Waals surface area contributed by atoms with E-state index in [1.54, 1.807) is 14.0 Å². The zero-order valence-electron chi connectivity index (χ0n) is 13.2. The highest BCUT2D eigenvalue weighted by molar-refractivity contribution is 5.75. The lowest BCUT2D eigenvalue weighted by Crippen LogP contribution is -2.18. The minimum Gasteiger partial charge on any atom is -0.481 e. The Bertz CT molecular complexity index is 450. The van der Waals surface area contributed by atoms with E-state index in [1.807, 2.05) is 0 Å². The summed E-state index contributed by atoms with van der Waals surface area (Å²) in [5, 5.41) is 3.32. The first-order valence-corrected chi connectivity index (χ1v) is 7.09. The summed E-state index contributed by atoms with van der Waals surface area (Å²) in [5.41, 5.74) is 2.08. The van der Waals surface area contributed by atoms with E-state index >= 15 is 0 Å². The van der Waals surface area contributed by atoms with E-state index in [0.717, 1.165) is 24.2 Å². The van der Waals surface area contributed by atoms with Gasteiger partial charge in [-0.2, -0.15) is 0 Å². The highest BCUT2D eigenvalue weighted by Gasteiger charge is 2.17. The minimum atomic E-state index is 0.0146. The molecule has 1 N–H and O–H groups in total. The summed E-state index contributed by atoms with van der Waals surface area (Å²) in [4.78, 5) is 15.4. The number of nitrogens with zero attached hydrogens (tertiary/aromatic N) is 1. The lowest BCUT2D eigenvalue weighted by atomic mass is 9.91. The molecule has 0 saturated carbocycles. The van der Waals surface area contributed by atoms with Crippen LogP contribution in [0.2, 0.25) is 0 Å². The Morgan fingerprint density at radius 2 is 2.05 bits per heavy atom. The van der Waals surface area contributed by atoms with Gasteiger partial charge in [-0.15, -0.1) is 0 Å². The van der Waals surface area contributed by atoms with E-state index in [2.05, 4.69) is 43.2 Å². The Hall–Kier alpha value is -1.42.